The number of terminal acetylenes is 1. The van der Waals surface area contributed by atoms with Crippen molar-refractivity contribution < 1.29 is 9.90 Å². The van der Waals surface area contributed by atoms with E-state index >= 15 is 0 Å². The summed E-state index contributed by atoms with van der Waals surface area (Å²) in [6.07, 6.45) is 7.32. The van der Waals surface area contributed by atoms with Crippen LogP contribution in [0.25, 0.3) is 0 Å². The molecule has 0 aromatic heterocycles. The molecule has 0 heterocycles. The molecular formula is C9H9NO2S. The summed E-state index contributed by atoms with van der Waals surface area (Å²) < 4.78 is 0. The number of carboxylic acids is 1. The lowest BCUT2D eigenvalue weighted by Gasteiger charge is -2.02. The average Bonchev–Trinajstić information content (AvgIpc) is 2.11. The molecule has 0 amide bonds. The minimum Gasteiger partial charge on any atom is -0.480 e. The van der Waals surface area contributed by atoms with Gasteiger partial charge in [-0.3, -0.25) is 0 Å². The zero-order valence-electron chi connectivity index (χ0n) is 7.15. The summed E-state index contributed by atoms with van der Waals surface area (Å²) in [7, 11) is 0. The first-order valence-corrected chi connectivity index (χ1v) is 4.49. The van der Waals surface area contributed by atoms with Gasteiger partial charge >= 0.3 is 5.97 Å². The van der Waals surface area contributed by atoms with Crippen LogP contribution in [0.3, 0.4) is 0 Å². The van der Waals surface area contributed by atoms with Gasteiger partial charge in [0.15, 0.2) is 5.25 Å². The van der Waals surface area contributed by atoms with E-state index in [2.05, 4.69) is 5.92 Å². The third kappa shape index (κ3) is 4.25. The smallest absolute Gasteiger partial charge is 0.329 e. The van der Waals surface area contributed by atoms with Crippen LogP contribution in [0.5, 0.6) is 0 Å². The average molecular weight is 195 g/mol. The minimum absolute atomic E-state index is 0.354. The fourth-order valence-electron chi connectivity index (χ4n) is 0.588. The largest absolute Gasteiger partial charge is 0.480 e. The first-order valence-electron chi connectivity index (χ1n) is 3.61. The molecule has 0 saturated heterocycles. The standard InChI is InChI=1S/C9H9NO2S/c1-3-5-7(6-10)13-8(4-2)9(11)12/h2,5,8H,3H2,1H3,(H,11,12)/b7-5+. The van der Waals surface area contributed by atoms with Crippen LogP contribution in [-0.2, 0) is 4.79 Å². The maximum Gasteiger partial charge on any atom is 0.329 e. The molecule has 1 N–H and O–H groups in total. The van der Waals surface area contributed by atoms with Gasteiger partial charge in [-0.1, -0.05) is 30.7 Å². The highest BCUT2D eigenvalue weighted by Crippen LogP contribution is 2.21. The molecule has 4 heteroatoms. The van der Waals surface area contributed by atoms with Gasteiger partial charge < -0.3 is 5.11 Å². The van der Waals surface area contributed by atoms with Crippen molar-refractivity contribution in [1.82, 2.24) is 0 Å². The fourth-order valence-corrected chi connectivity index (χ4v) is 1.33. The SMILES string of the molecule is C#CC(S/C(C#N)=C/CC)C(=O)O. The molecule has 1 atom stereocenters. The molecule has 0 saturated carbocycles. The van der Waals surface area contributed by atoms with Crippen LogP contribution in [-0.4, -0.2) is 16.3 Å². The lowest BCUT2D eigenvalue weighted by molar-refractivity contribution is -0.135. The summed E-state index contributed by atoms with van der Waals surface area (Å²) in [5.74, 6) is 1.00. The number of allylic oxidation sites excluding steroid dienone is 2. The summed E-state index contributed by atoms with van der Waals surface area (Å²) in [5.41, 5.74) is 0. The summed E-state index contributed by atoms with van der Waals surface area (Å²) >= 11 is 0.887. The molecule has 13 heavy (non-hydrogen) atoms. The minimum atomic E-state index is -1.09. The molecule has 0 aromatic carbocycles. The Balaban J connectivity index is 4.42. The molecule has 0 spiro atoms. The van der Waals surface area contributed by atoms with Crippen LogP contribution in [0.4, 0.5) is 0 Å². The predicted octanol–water partition coefficient (Wildman–Crippen LogP) is 1.62. The number of aliphatic carboxylic acids is 1. The second-order valence-corrected chi connectivity index (χ2v) is 3.24. The Kier molecular flexibility index (Phi) is 5.50. The van der Waals surface area contributed by atoms with E-state index in [4.69, 9.17) is 16.8 Å². The third-order valence-electron chi connectivity index (χ3n) is 1.12. The number of hydrogen-bond acceptors (Lipinski definition) is 3. The maximum atomic E-state index is 10.5. The van der Waals surface area contributed by atoms with Crippen LogP contribution < -0.4 is 0 Å². The predicted molar refractivity (Wildman–Crippen MR) is 51.8 cm³/mol. The summed E-state index contributed by atoms with van der Waals surface area (Å²) in [5, 5.41) is 16.2. The van der Waals surface area contributed by atoms with E-state index in [-0.39, 0.29) is 0 Å². The van der Waals surface area contributed by atoms with Crippen LogP contribution >= 0.6 is 11.8 Å². The van der Waals surface area contributed by atoms with Crippen molar-refractivity contribution in [2.75, 3.05) is 0 Å². The molecule has 1 unspecified atom stereocenters. The highest BCUT2D eigenvalue weighted by Gasteiger charge is 2.16. The van der Waals surface area contributed by atoms with Crippen LogP contribution in [0.2, 0.25) is 0 Å². The maximum absolute atomic E-state index is 10.5. The monoisotopic (exact) mass is 195 g/mol. The Labute approximate surface area is 81.4 Å². The van der Waals surface area contributed by atoms with Crippen LogP contribution in [0, 0.1) is 23.7 Å². The Bertz CT molecular complexity index is 296. The van der Waals surface area contributed by atoms with Gasteiger partial charge in [0, 0.05) is 0 Å². The normalized spacial score (nSPS) is 12.7. The number of carbonyl (C=O) groups is 1. The Morgan fingerprint density at radius 3 is 2.77 bits per heavy atom. The molecule has 0 aromatic rings. The summed E-state index contributed by atoms with van der Waals surface area (Å²) in [6, 6.07) is 1.89. The van der Waals surface area contributed by atoms with E-state index in [1.165, 1.54) is 0 Å². The van der Waals surface area contributed by atoms with Crippen molar-refractivity contribution in [1.29, 1.82) is 5.26 Å². The van der Waals surface area contributed by atoms with Gasteiger partial charge in [0.2, 0.25) is 0 Å². The van der Waals surface area contributed by atoms with E-state index < -0.39 is 11.2 Å². The van der Waals surface area contributed by atoms with E-state index in [1.807, 2.05) is 13.0 Å². The number of thioether (sulfide) groups is 1. The van der Waals surface area contributed by atoms with Gasteiger partial charge in [-0.15, -0.1) is 6.42 Å². The number of hydrogen-bond donors (Lipinski definition) is 1. The molecule has 0 aliphatic carbocycles. The molecule has 0 aliphatic rings. The molecule has 3 nitrogen and oxygen atoms in total. The Hall–Kier alpha value is -1.39. The van der Waals surface area contributed by atoms with Crippen molar-refractivity contribution in [3.8, 4) is 18.4 Å². The van der Waals surface area contributed by atoms with E-state index in [0.29, 0.717) is 11.3 Å². The van der Waals surface area contributed by atoms with E-state index in [1.54, 1.807) is 6.08 Å². The van der Waals surface area contributed by atoms with Crippen molar-refractivity contribution in [2.24, 2.45) is 0 Å². The number of nitrogens with zero attached hydrogens (tertiary/aromatic N) is 1. The lowest BCUT2D eigenvalue weighted by Crippen LogP contribution is -2.13. The molecule has 68 valence electrons. The summed E-state index contributed by atoms with van der Waals surface area (Å²) in [4.78, 5) is 10.8. The van der Waals surface area contributed by atoms with Gasteiger partial charge in [0.1, 0.15) is 6.07 Å². The molecule has 0 radical (unpaired) electrons. The second-order valence-electron chi connectivity index (χ2n) is 2.09. The topological polar surface area (TPSA) is 61.1 Å². The van der Waals surface area contributed by atoms with Gasteiger partial charge in [-0.25, -0.2) is 4.79 Å². The second kappa shape index (κ2) is 6.16. The zero-order chi connectivity index (χ0) is 10.3. The third-order valence-corrected chi connectivity index (χ3v) is 2.21. The van der Waals surface area contributed by atoms with Crippen LogP contribution in [0.1, 0.15) is 13.3 Å². The number of nitriles is 1. The first-order chi connectivity index (χ1) is 6.15. The summed E-state index contributed by atoms with van der Waals surface area (Å²) in [6.45, 7) is 1.86. The van der Waals surface area contributed by atoms with Gasteiger partial charge in [-0.2, -0.15) is 5.26 Å². The van der Waals surface area contributed by atoms with Crippen molar-refractivity contribution in [3.05, 3.63) is 11.0 Å². The van der Waals surface area contributed by atoms with Crippen molar-refractivity contribution in [2.45, 2.75) is 18.6 Å². The van der Waals surface area contributed by atoms with E-state index in [0.717, 1.165) is 11.8 Å². The lowest BCUT2D eigenvalue weighted by atomic mass is 10.4. The van der Waals surface area contributed by atoms with Gasteiger partial charge in [0.05, 0.1) is 4.91 Å². The van der Waals surface area contributed by atoms with Crippen LogP contribution in [0.15, 0.2) is 11.0 Å². The quantitative estimate of drug-likeness (QED) is 0.547. The van der Waals surface area contributed by atoms with Crippen molar-refractivity contribution >= 4 is 17.7 Å². The zero-order valence-corrected chi connectivity index (χ0v) is 7.97. The number of carboxylic acid groups (broad SMARTS) is 1. The fraction of sp³-hybridized carbons (Fsp3) is 0.333. The Morgan fingerprint density at radius 2 is 2.46 bits per heavy atom. The van der Waals surface area contributed by atoms with Gasteiger partial charge in [-0.05, 0) is 6.42 Å². The first kappa shape index (κ1) is 11.6. The van der Waals surface area contributed by atoms with E-state index in [9.17, 15) is 4.79 Å². The van der Waals surface area contributed by atoms with Crippen molar-refractivity contribution in [3.63, 3.8) is 0 Å². The highest BCUT2D eigenvalue weighted by molar-refractivity contribution is 8.04. The molecule has 0 fully saturated rings. The highest BCUT2D eigenvalue weighted by atomic mass is 32.2. The molecule has 0 bridgehead atoms. The Morgan fingerprint density at radius 1 is 1.85 bits per heavy atom. The molecule has 0 rings (SSSR count). The van der Waals surface area contributed by atoms with Gasteiger partial charge in [0.25, 0.3) is 0 Å². The molecule has 0 aliphatic heterocycles. The number of rotatable bonds is 4. The molecular weight excluding hydrogens is 186 g/mol.